The fraction of sp³-hybridized carbons (Fsp3) is 0.667. The zero-order valence-corrected chi connectivity index (χ0v) is 11.6. The Morgan fingerprint density at radius 2 is 1.78 bits per heavy atom. The second-order valence-electron chi connectivity index (χ2n) is 4.78. The number of carbonyl (C=O) groups excluding carboxylic acids is 1. The van der Waals surface area contributed by atoms with Gasteiger partial charge in [0.1, 0.15) is 11.5 Å². The molecule has 0 atom stereocenters. The van der Waals surface area contributed by atoms with Crippen molar-refractivity contribution in [2.24, 2.45) is 0 Å². The lowest BCUT2D eigenvalue weighted by atomic mass is 10.1. The Balaban J connectivity index is 2.14. The van der Waals surface area contributed by atoms with Crippen LogP contribution in [0.15, 0.2) is 12.3 Å². The third-order valence-electron chi connectivity index (χ3n) is 3.07. The lowest BCUT2D eigenvalue weighted by Gasteiger charge is -2.02. The van der Waals surface area contributed by atoms with Gasteiger partial charge in [0.25, 0.3) is 0 Å². The van der Waals surface area contributed by atoms with E-state index in [0.717, 1.165) is 12.8 Å². The van der Waals surface area contributed by atoms with Crippen molar-refractivity contribution >= 4 is 5.78 Å². The number of Topliss-reactive ketones (excluding diaryl/α,β-unsaturated/α-hetero) is 1. The topological polar surface area (TPSA) is 42.9 Å². The zero-order chi connectivity index (χ0) is 13.2. The van der Waals surface area contributed by atoms with E-state index in [2.05, 4.69) is 16.9 Å². The molecule has 0 unspecified atom stereocenters. The summed E-state index contributed by atoms with van der Waals surface area (Å²) in [6.45, 7) is 4.03. The summed E-state index contributed by atoms with van der Waals surface area (Å²) in [5.74, 6) is 0.814. The van der Waals surface area contributed by atoms with Gasteiger partial charge in [-0.25, -0.2) is 9.97 Å². The van der Waals surface area contributed by atoms with Gasteiger partial charge in [0.05, 0.1) is 0 Å². The highest BCUT2D eigenvalue weighted by molar-refractivity contribution is 5.94. The molecule has 100 valence electrons. The van der Waals surface area contributed by atoms with E-state index in [1.54, 1.807) is 12.3 Å². The Bertz CT molecular complexity index is 363. The lowest BCUT2D eigenvalue weighted by Crippen LogP contribution is -2.03. The summed E-state index contributed by atoms with van der Waals surface area (Å²) in [4.78, 5) is 20.0. The SMILES string of the molecule is CCCCCCCCCC(=O)c1ccnc(C)n1. The summed E-state index contributed by atoms with van der Waals surface area (Å²) in [5.41, 5.74) is 0.563. The van der Waals surface area contributed by atoms with E-state index in [-0.39, 0.29) is 5.78 Å². The average Bonchev–Trinajstić information content (AvgIpc) is 2.37. The maximum absolute atomic E-state index is 11.8. The van der Waals surface area contributed by atoms with Crippen molar-refractivity contribution in [3.8, 4) is 0 Å². The largest absolute Gasteiger partial charge is 0.292 e. The highest BCUT2D eigenvalue weighted by atomic mass is 16.1. The van der Waals surface area contributed by atoms with Crippen molar-refractivity contribution in [2.75, 3.05) is 0 Å². The molecule has 0 spiro atoms. The molecule has 0 N–H and O–H groups in total. The molecule has 18 heavy (non-hydrogen) atoms. The molecule has 0 aliphatic heterocycles. The van der Waals surface area contributed by atoms with Gasteiger partial charge in [0.15, 0.2) is 5.78 Å². The molecule has 0 radical (unpaired) electrons. The Labute approximate surface area is 110 Å². The van der Waals surface area contributed by atoms with Crippen LogP contribution >= 0.6 is 0 Å². The first-order valence-electron chi connectivity index (χ1n) is 7.07. The van der Waals surface area contributed by atoms with Gasteiger partial charge in [0.2, 0.25) is 0 Å². The van der Waals surface area contributed by atoms with Crippen molar-refractivity contribution in [3.63, 3.8) is 0 Å². The van der Waals surface area contributed by atoms with Crippen LogP contribution in [0.4, 0.5) is 0 Å². The molecule has 1 aromatic heterocycles. The van der Waals surface area contributed by atoms with Gasteiger partial charge >= 0.3 is 0 Å². The first-order chi connectivity index (χ1) is 8.74. The molecule has 1 rings (SSSR count). The third kappa shape index (κ3) is 5.89. The van der Waals surface area contributed by atoms with E-state index in [0.29, 0.717) is 17.9 Å². The van der Waals surface area contributed by atoms with Crippen molar-refractivity contribution in [1.29, 1.82) is 0 Å². The maximum Gasteiger partial charge on any atom is 0.181 e. The van der Waals surface area contributed by atoms with Crippen molar-refractivity contribution in [3.05, 3.63) is 23.8 Å². The number of nitrogens with zero attached hydrogens (tertiary/aromatic N) is 2. The molecule has 0 saturated heterocycles. The highest BCUT2D eigenvalue weighted by Gasteiger charge is 2.07. The molecule has 3 nitrogen and oxygen atoms in total. The maximum atomic E-state index is 11.8. The fourth-order valence-electron chi connectivity index (χ4n) is 1.98. The number of carbonyl (C=O) groups is 1. The van der Waals surface area contributed by atoms with Gasteiger partial charge in [-0.05, 0) is 19.4 Å². The van der Waals surface area contributed by atoms with Crippen LogP contribution in [-0.4, -0.2) is 15.8 Å². The molecular formula is C15H24N2O. The first kappa shape index (κ1) is 14.8. The Morgan fingerprint density at radius 3 is 2.44 bits per heavy atom. The summed E-state index contributed by atoms with van der Waals surface area (Å²) in [7, 11) is 0. The number of hydrogen-bond donors (Lipinski definition) is 0. The molecule has 1 aromatic rings. The van der Waals surface area contributed by atoms with Gasteiger partial charge < -0.3 is 0 Å². The zero-order valence-electron chi connectivity index (χ0n) is 11.6. The normalized spacial score (nSPS) is 10.6. The minimum atomic E-state index is 0.147. The standard InChI is InChI=1S/C15H24N2O/c1-3-4-5-6-7-8-9-10-15(18)14-11-12-16-13(2)17-14/h11-12H,3-10H2,1-2H3. The number of ketones is 1. The summed E-state index contributed by atoms with van der Waals surface area (Å²) >= 11 is 0. The second kappa shape index (κ2) is 8.78. The van der Waals surface area contributed by atoms with Gasteiger partial charge in [0, 0.05) is 12.6 Å². The Morgan fingerprint density at radius 1 is 1.11 bits per heavy atom. The molecule has 0 amide bonds. The van der Waals surface area contributed by atoms with E-state index in [4.69, 9.17) is 0 Å². The van der Waals surface area contributed by atoms with Crippen LogP contribution in [0.1, 0.15) is 74.6 Å². The second-order valence-corrected chi connectivity index (χ2v) is 4.78. The van der Waals surface area contributed by atoms with E-state index in [1.807, 2.05) is 6.92 Å². The molecular weight excluding hydrogens is 224 g/mol. The minimum Gasteiger partial charge on any atom is -0.292 e. The smallest absolute Gasteiger partial charge is 0.181 e. The number of aryl methyl sites for hydroxylation is 1. The minimum absolute atomic E-state index is 0.147. The molecule has 0 aliphatic carbocycles. The van der Waals surface area contributed by atoms with Gasteiger partial charge in [-0.1, -0.05) is 45.4 Å². The average molecular weight is 248 g/mol. The fourth-order valence-corrected chi connectivity index (χ4v) is 1.98. The Kier molecular flexibility index (Phi) is 7.23. The molecule has 3 heteroatoms. The highest BCUT2D eigenvalue weighted by Crippen LogP contribution is 2.10. The van der Waals surface area contributed by atoms with Crippen molar-refractivity contribution in [2.45, 2.75) is 65.2 Å². The summed E-state index contributed by atoms with van der Waals surface area (Å²) in [6.07, 6.45) is 10.9. The molecule has 0 fully saturated rings. The van der Waals surface area contributed by atoms with E-state index in [9.17, 15) is 4.79 Å². The lowest BCUT2D eigenvalue weighted by molar-refractivity contribution is 0.0974. The monoisotopic (exact) mass is 248 g/mol. The molecule has 1 heterocycles. The van der Waals surface area contributed by atoms with Gasteiger partial charge in [-0.15, -0.1) is 0 Å². The molecule has 0 saturated carbocycles. The summed E-state index contributed by atoms with van der Waals surface area (Å²) in [5, 5.41) is 0. The van der Waals surface area contributed by atoms with E-state index < -0.39 is 0 Å². The molecule has 0 bridgehead atoms. The van der Waals surface area contributed by atoms with E-state index in [1.165, 1.54) is 32.1 Å². The summed E-state index contributed by atoms with van der Waals surface area (Å²) < 4.78 is 0. The predicted octanol–water partition coefficient (Wildman–Crippen LogP) is 4.11. The predicted molar refractivity (Wildman–Crippen MR) is 73.7 cm³/mol. The van der Waals surface area contributed by atoms with Crippen LogP contribution in [-0.2, 0) is 0 Å². The van der Waals surface area contributed by atoms with Crippen LogP contribution in [0.5, 0.6) is 0 Å². The number of unbranched alkanes of at least 4 members (excludes halogenated alkanes) is 6. The number of rotatable bonds is 9. The Hall–Kier alpha value is -1.25. The van der Waals surface area contributed by atoms with Crippen LogP contribution < -0.4 is 0 Å². The van der Waals surface area contributed by atoms with Gasteiger partial charge in [-0.2, -0.15) is 0 Å². The third-order valence-corrected chi connectivity index (χ3v) is 3.07. The molecule has 0 aliphatic rings. The van der Waals surface area contributed by atoms with Crippen molar-refractivity contribution in [1.82, 2.24) is 9.97 Å². The molecule has 0 aromatic carbocycles. The van der Waals surface area contributed by atoms with Crippen LogP contribution in [0, 0.1) is 6.92 Å². The summed E-state index contributed by atoms with van der Waals surface area (Å²) in [6, 6.07) is 1.70. The number of aromatic nitrogens is 2. The van der Waals surface area contributed by atoms with Crippen LogP contribution in [0.2, 0.25) is 0 Å². The van der Waals surface area contributed by atoms with Crippen LogP contribution in [0.25, 0.3) is 0 Å². The quantitative estimate of drug-likeness (QED) is 0.488. The van der Waals surface area contributed by atoms with E-state index >= 15 is 0 Å². The van der Waals surface area contributed by atoms with Gasteiger partial charge in [-0.3, -0.25) is 4.79 Å². The van der Waals surface area contributed by atoms with Crippen molar-refractivity contribution < 1.29 is 4.79 Å². The first-order valence-corrected chi connectivity index (χ1v) is 7.07. The van der Waals surface area contributed by atoms with Crippen LogP contribution in [0.3, 0.4) is 0 Å². The number of hydrogen-bond acceptors (Lipinski definition) is 3.